The van der Waals surface area contributed by atoms with Crippen LogP contribution in [0, 0.1) is 5.82 Å². The van der Waals surface area contributed by atoms with Gasteiger partial charge in [-0.25, -0.2) is 9.18 Å². The number of halogens is 2. The van der Waals surface area contributed by atoms with Gasteiger partial charge in [0, 0.05) is 11.6 Å². The lowest BCUT2D eigenvalue weighted by Gasteiger charge is -2.14. The fraction of sp³-hybridized carbons (Fsp3) is 0.250. The third-order valence-corrected chi connectivity index (χ3v) is 2.42. The van der Waals surface area contributed by atoms with Gasteiger partial charge in [-0.1, -0.05) is 6.08 Å². The smallest absolute Gasteiger partial charge is 0.339 e. The Morgan fingerprint density at radius 1 is 1.56 bits per heavy atom. The summed E-state index contributed by atoms with van der Waals surface area (Å²) in [7, 11) is 0. The minimum absolute atomic E-state index is 0. The Kier molecular flexibility index (Phi) is 6.36. The molecule has 0 spiro atoms. The van der Waals surface area contributed by atoms with Gasteiger partial charge in [0.1, 0.15) is 17.1 Å². The molecule has 0 saturated carbocycles. The molecule has 0 aliphatic rings. The molecule has 1 rings (SSSR count). The summed E-state index contributed by atoms with van der Waals surface area (Å²) < 4.78 is 13.2. The van der Waals surface area contributed by atoms with Crippen molar-refractivity contribution in [3.8, 4) is 5.75 Å². The molecule has 0 saturated heterocycles. The van der Waals surface area contributed by atoms with Crippen LogP contribution in [0.2, 0.25) is 0 Å². The average Bonchev–Trinajstić information content (AvgIpc) is 2.28. The summed E-state index contributed by atoms with van der Waals surface area (Å²) in [6.07, 6.45) is 2.70. The Balaban J connectivity index is 0.00000289. The van der Waals surface area contributed by atoms with Gasteiger partial charge in [-0.2, -0.15) is 0 Å². The molecule has 100 valence electrons. The van der Waals surface area contributed by atoms with E-state index in [1.165, 1.54) is 0 Å². The van der Waals surface area contributed by atoms with Crippen LogP contribution >= 0.6 is 12.4 Å². The van der Waals surface area contributed by atoms with Crippen molar-refractivity contribution >= 4 is 18.4 Å². The lowest BCUT2D eigenvalue weighted by atomic mass is 9.99. The summed E-state index contributed by atoms with van der Waals surface area (Å²) in [6.45, 7) is 3.53. The van der Waals surface area contributed by atoms with Crippen molar-refractivity contribution in [3.63, 3.8) is 0 Å². The zero-order chi connectivity index (χ0) is 13.0. The van der Waals surface area contributed by atoms with Crippen LogP contribution in [-0.4, -0.2) is 16.2 Å². The second-order valence-corrected chi connectivity index (χ2v) is 3.67. The number of benzene rings is 1. The molecule has 4 N–H and O–H groups in total. The molecule has 0 unspecified atom stereocenters. The van der Waals surface area contributed by atoms with Gasteiger partial charge in [-0.05, 0) is 25.0 Å². The highest BCUT2D eigenvalue weighted by Gasteiger charge is 2.19. The Morgan fingerprint density at radius 2 is 2.17 bits per heavy atom. The number of hydrogen-bond donors (Lipinski definition) is 3. The van der Waals surface area contributed by atoms with Crippen molar-refractivity contribution in [2.75, 3.05) is 0 Å². The van der Waals surface area contributed by atoms with E-state index in [0.29, 0.717) is 12.8 Å². The van der Waals surface area contributed by atoms with Gasteiger partial charge in [0.2, 0.25) is 0 Å². The number of rotatable bonds is 5. The first-order valence-corrected chi connectivity index (χ1v) is 5.09. The zero-order valence-electron chi connectivity index (χ0n) is 9.60. The largest absolute Gasteiger partial charge is 0.507 e. The van der Waals surface area contributed by atoms with Crippen molar-refractivity contribution in [1.82, 2.24) is 0 Å². The molecule has 0 aliphatic carbocycles. The van der Waals surface area contributed by atoms with Crippen LogP contribution < -0.4 is 5.73 Å². The van der Waals surface area contributed by atoms with Gasteiger partial charge >= 0.3 is 5.97 Å². The summed E-state index contributed by atoms with van der Waals surface area (Å²) in [5, 5.41) is 18.5. The molecule has 0 amide bonds. The molecule has 4 nitrogen and oxygen atoms in total. The number of nitrogens with two attached hydrogens (primary N) is 1. The molecule has 0 radical (unpaired) electrons. The number of carboxylic acids is 1. The number of phenols is 1. The highest BCUT2D eigenvalue weighted by molar-refractivity contribution is 5.91. The second-order valence-electron chi connectivity index (χ2n) is 3.67. The maximum absolute atomic E-state index is 13.2. The standard InChI is InChI=1S/C12H14FNO3.ClH/c1-2-3-4-10(14)8-5-7(13)6-9(11(8)15)12(16)17;/h2,5-6,10,15H,1,3-4,14H2,(H,16,17);1H/t10-;/m1./s1. The van der Waals surface area contributed by atoms with Crippen molar-refractivity contribution in [2.45, 2.75) is 18.9 Å². The molecular formula is C12H15ClFNO3. The maximum atomic E-state index is 13.2. The fourth-order valence-electron chi connectivity index (χ4n) is 1.52. The second kappa shape index (κ2) is 6.98. The van der Waals surface area contributed by atoms with E-state index in [4.69, 9.17) is 10.8 Å². The molecule has 0 fully saturated rings. The van der Waals surface area contributed by atoms with Crippen LogP contribution in [-0.2, 0) is 0 Å². The molecular weight excluding hydrogens is 261 g/mol. The minimum Gasteiger partial charge on any atom is -0.507 e. The van der Waals surface area contributed by atoms with E-state index in [-0.39, 0.29) is 18.0 Å². The van der Waals surface area contributed by atoms with Crippen LogP contribution in [0.1, 0.15) is 34.8 Å². The van der Waals surface area contributed by atoms with Gasteiger partial charge in [0.25, 0.3) is 0 Å². The normalized spacial score (nSPS) is 11.4. The molecule has 1 aromatic carbocycles. The van der Waals surface area contributed by atoms with Gasteiger partial charge in [0.05, 0.1) is 0 Å². The number of hydrogen-bond acceptors (Lipinski definition) is 3. The van der Waals surface area contributed by atoms with E-state index in [2.05, 4.69) is 6.58 Å². The van der Waals surface area contributed by atoms with E-state index in [0.717, 1.165) is 12.1 Å². The number of carbonyl (C=O) groups is 1. The first kappa shape index (κ1) is 16.4. The molecule has 0 aliphatic heterocycles. The predicted octanol–water partition coefficient (Wildman–Crippen LogP) is 2.62. The fourth-order valence-corrected chi connectivity index (χ4v) is 1.52. The Bertz CT molecular complexity index is 451. The number of aromatic carboxylic acids is 1. The summed E-state index contributed by atoms with van der Waals surface area (Å²) in [4.78, 5) is 10.8. The summed E-state index contributed by atoms with van der Waals surface area (Å²) in [5.41, 5.74) is 5.38. The number of aromatic hydroxyl groups is 1. The van der Waals surface area contributed by atoms with Crippen LogP contribution in [0.3, 0.4) is 0 Å². The highest BCUT2D eigenvalue weighted by Crippen LogP contribution is 2.30. The van der Waals surface area contributed by atoms with Crippen molar-refractivity contribution < 1.29 is 19.4 Å². The van der Waals surface area contributed by atoms with E-state index in [1.807, 2.05) is 0 Å². The van der Waals surface area contributed by atoms with Gasteiger partial charge in [-0.3, -0.25) is 0 Å². The number of carboxylic acid groups (broad SMARTS) is 1. The first-order chi connectivity index (χ1) is 7.97. The Morgan fingerprint density at radius 3 is 2.67 bits per heavy atom. The Hall–Kier alpha value is -1.59. The van der Waals surface area contributed by atoms with E-state index in [9.17, 15) is 14.3 Å². The minimum atomic E-state index is -1.39. The van der Waals surface area contributed by atoms with Crippen LogP contribution in [0.25, 0.3) is 0 Å². The highest BCUT2D eigenvalue weighted by atomic mass is 35.5. The quantitative estimate of drug-likeness (QED) is 0.721. The average molecular weight is 276 g/mol. The molecule has 18 heavy (non-hydrogen) atoms. The molecule has 0 aromatic heterocycles. The van der Waals surface area contributed by atoms with Crippen molar-refractivity contribution in [2.24, 2.45) is 5.73 Å². The molecule has 0 bridgehead atoms. The molecule has 6 heteroatoms. The van der Waals surface area contributed by atoms with Gasteiger partial charge in [0.15, 0.2) is 0 Å². The summed E-state index contributed by atoms with van der Waals surface area (Å²) in [5.74, 6) is -2.60. The van der Waals surface area contributed by atoms with E-state index in [1.54, 1.807) is 6.08 Å². The lowest BCUT2D eigenvalue weighted by molar-refractivity contribution is 0.0693. The molecule has 1 atom stereocenters. The van der Waals surface area contributed by atoms with Crippen molar-refractivity contribution in [3.05, 3.63) is 41.7 Å². The van der Waals surface area contributed by atoms with Crippen LogP contribution in [0.4, 0.5) is 4.39 Å². The van der Waals surface area contributed by atoms with E-state index < -0.39 is 29.1 Å². The van der Waals surface area contributed by atoms with Crippen LogP contribution in [0.5, 0.6) is 5.75 Å². The van der Waals surface area contributed by atoms with Gasteiger partial charge < -0.3 is 15.9 Å². The monoisotopic (exact) mass is 275 g/mol. The zero-order valence-corrected chi connectivity index (χ0v) is 10.4. The molecule has 1 aromatic rings. The summed E-state index contributed by atoms with van der Waals surface area (Å²) in [6, 6.07) is 1.19. The topological polar surface area (TPSA) is 83.6 Å². The lowest BCUT2D eigenvalue weighted by Crippen LogP contribution is -2.12. The van der Waals surface area contributed by atoms with Gasteiger partial charge in [-0.15, -0.1) is 19.0 Å². The summed E-state index contributed by atoms with van der Waals surface area (Å²) >= 11 is 0. The predicted molar refractivity (Wildman–Crippen MR) is 68.6 cm³/mol. The molecule has 0 heterocycles. The number of allylic oxidation sites excluding steroid dienone is 1. The third-order valence-electron chi connectivity index (χ3n) is 2.42. The Labute approximate surface area is 110 Å². The third kappa shape index (κ3) is 3.72. The SMILES string of the molecule is C=CCC[C@@H](N)c1cc(F)cc(C(=O)O)c1O.Cl. The first-order valence-electron chi connectivity index (χ1n) is 5.09. The van der Waals surface area contributed by atoms with Crippen molar-refractivity contribution in [1.29, 1.82) is 0 Å². The maximum Gasteiger partial charge on any atom is 0.339 e. The van der Waals surface area contributed by atoms with Crippen LogP contribution in [0.15, 0.2) is 24.8 Å². The van der Waals surface area contributed by atoms with E-state index >= 15 is 0 Å².